The zero-order chi connectivity index (χ0) is 23.7. The van der Waals surface area contributed by atoms with Crippen LogP contribution in [0, 0.1) is 0 Å². The Balaban J connectivity index is 0.000000523. The summed E-state index contributed by atoms with van der Waals surface area (Å²) in [6, 6.07) is 13.2. The Labute approximate surface area is 194 Å². The summed E-state index contributed by atoms with van der Waals surface area (Å²) in [4.78, 5) is 7.20. The molecule has 1 aromatic heterocycles. The molecule has 2 aromatic rings. The van der Waals surface area contributed by atoms with Crippen molar-refractivity contribution in [3.8, 4) is 11.3 Å². The van der Waals surface area contributed by atoms with Gasteiger partial charge in [-0.1, -0.05) is 45.9 Å². The van der Waals surface area contributed by atoms with Crippen LogP contribution in [-0.2, 0) is 10.8 Å². The highest BCUT2D eigenvalue weighted by Crippen LogP contribution is 2.46. The van der Waals surface area contributed by atoms with Crippen LogP contribution in [0.5, 0.6) is 0 Å². The molecule has 0 amide bonds. The molecule has 0 saturated carbocycles. The minimum absolute atomic E-state index is 0.204. The van der Waals surface area contributed by atoms with Crippen molar-refractivity contribution in [1.82, 2.24) is 10.0 Å². The molecule has 5 heteroatoms. The molecule has 2 N–H and O–H groups in total. The predicted octanol–water partition coefficient (Wildman–Crippen LogP) is 5.39. The van der Waals surface area contributed by atoms with Crippen LogP contribution >= 0.6 is 0 Å². The van der Waals surface area contributed by atoms with Crippen LogP contribution in [0.4, 0.5) is 5.82 Å². The average Bonchev–Trinajstić information content (AvgIpc) is 2.71. The monoisotopic (exact) mass is 439 g/mol. The van der Waals surface area contributed by atoms with Gasteiger partial charge in [-0.25, -0.2) is 4.98 Å². The number of aliphatic hydroxyl groups is 1. The van der Waals surface area contributed by atoms with Crippen LogP contribution in [0.2, 0.25) is 0 Å². The topological polar surface area (TPSA) is 59.8 Å². The Kier molecular flexibility index (Phi) is 7.04. The lowest BCUT2D eigenvalue weighted by Gasteiger charge is -2.42. The van der Waals surface area contributed by atoms with E-state index in [1.165, 1.54) is 34.6 Å². The number of aromatic nitrogens is 1. The molecule has 0 unspecified atom stereocenters. The van der Waals surface area contributed by atoms with Crippen molar-refractivity contribution < 1.29 is 10.3 Å². The molecule has 5 nitrogen and oxygen atoms in total. The first-order chi connectivity index (χ1) is 14.8. The molecule has 1 aliphatic heterocycles. The van der Waals surface area contributed by atoms with Crippen molar-refractivity contribution in [3.63, 3.8) is 0 Å². The average molecular weight is 440 g/mol. The Hall–Kier alpha value is -1.95. The van der Waals surface area contributed by atoms with E-state index in [0.717, 1.165) is 24.6 Å². The second kappa shape index (κ2) is 9.12. The zero-order valence-electron chi connectivity index (χ0n) is 20.9. The fourth-order valence-electron chi connectivity index (χ4n) is 4.43. The van der Waals surface area contributed by atoms with Crippen LogP contribution in [0.1, 0.15) is 72.4 Å². The Bertz CT molecular complexity index is 917. The molecule has 1 fully saturated rings. The maximum absolute atomic E-state index is 9.60. The first-order valence-corrected chi connectivity index (χ1v) is 11.8. The van der Waals surface area contributed by atoms with E-state index in [1.807, 2.05) is 0 Å². The molecule has 1 aromatic carbocycles. The molecule has 2 heterocycles. The summed E-state index contributed by atoms with van der Waals surface area (Å²) in [5.41, 5.74) is 5.12. The van der Waals surface area contributed by atoms with Crippen LogP contribution < -0.4 is 4.90 Å². The summed E-state index contributed by atoms with van der Waals surface area (Å²) in [6.45, 7) is 17.6. The summed E-state index contributed by atoms with van der Waals surface area (Å²) in [6.07, 6.45) is 2.45. The number of benzene rings is 1. The molecule has 0 bridgehead atoms. The smallest absolute Gasteiger partial charge is 0.129 e. The van der Waals surface area contributed by atoms with Gasteiger partial charge in [-0.3, -0.25) is 0 Å². The van der Waals surface area contributed by atoms with Gasteiger partial charge in [0.25, 0.3) is 0 Å². The molecular weight excluding hydrogens is 398 g/mol. The molecule has 4 rings (SSSR count). The van der Waals surface area contributed by atoms with Crippen LogP contribution in [-0.4, -0.2) is 52.1 Å². The van der Waals surface area contributed by atoms with Gasteiger partial charge >= 0.3 is 0 Å². The number of anilines is 1. The van der Waals surface area contributed by atoms with E-state index in [0.29, 0.717) is 13.1 Å². The van der Waals surface area contributed by atoms with Gasteiger partial charge in [0.15, 0.2) is 0 Å². The third-order valence-corrected chi connectivity index (χ3v) is 6.46. The molecule has 2 aliphatic rings. The van der Waals surface area contributed by atoms with Crippen LogP contribution in [0.15, 0.2) is 36.4 Å². The highest BCUT2D eigenvalue weighted by molar-refractivity contribution is 5.65. The molecule has 176 valence electrons. The van der Waals surface area contributed by atoms with Gasteiger partial charge in [-0.05, 0) is 73.8 Å². The lowest BCUT2D eigenvalue weighted by Crippen LogP contribution is -2.45. The van der Waals surface area contributed by atoms with E-state index in [4.69, 9.17) is 10.1 Å². The Morgan fingerprint density at radius 1 is 0.844 bits per heavy atom. The number of hydrogen-bond donors (Lipinski definition) is 2. The first-order valence-electron chi connectivity index (χ1n) is 11.8. The SMILES string of the molecule is CC(C)(C)O.CC1(C)CCC(C)(C)c2cc(-c3cccc(N4CCN(O)CC4)n3)ccc21. The number of pyridine rings is 1. The summed E-state index contributed by atoms with van der Waals surface area (Å²) < 4.78 is 0. The number of rotatable bonds is 2. The molecule has 0 radical (unpaired) electrons. The zero-order valence-corrected chi connectivity index (χ0v) is 20.9. The number of piperazine rings is 1. The summed E-state index contributed by atoms with van der Waals surface area (Å²) in [5, 5.41) is 19.5. The first kappa shape index (κ1) is 24.7. The highest BCUT2D eigenvalue weighted by Gasteiger charge is 2.37. The number of fused-ring (bicyclic) bond motifs is 1. The molecule has 1 saturated heterocycles. The van der Waals surface area contributed by atoms with Gasteiger partial charge in [-0.2, -0.15) is 5.06 Å². The van der Waals surface area contributed by atoms with E-state index in [1.54, 1.807) is 20.8 Å². The minimum Gasteiger partial charge on any atom is -0.391 e. The lowest BCUT2D eigenvalue weighted by molar-refractivity contribution is -0.0936. The second-order valence-electron chi connectivity index (χ2n) is 11.5. The van der Waals surface area contributed by atoms with Gasteiger partial charge in [0.05, 0.1) is 11.3 Å². The van der Waals surface area contributed by atoms with Crippen molar-refractivity contribution in [2.45, 2.75) is 77.7 Å². The molecular formula is C27H41N3O2. The largest absolute Gasteiger partial charge is 0.391 e. The van der Waals surface area contributed by atoms with Crippen molar-refractivity contribution in [3.05, 3.63) is 47.5 Å². The van der Waals surface area contributed by atoms with Crippen molar-refractivity contribution in [1.29, 1.82) is 0 Å². The van der Waals surface area contributed by atoms with Gasteiger partial charge in [0.1, 0.15) is 5.82 Å². The van der Waals surface area contributed by atoms with E-state index in [9.17, 15) is 5.21 Å². The minimum atomic E-state index is -0.500. The standard InChI is InChI=1S/C23H31N3O.C4H10O/c1-22(2)10-11-23(3,4)19-16-17(8-9-18(19)22)20-6-5-7-21(24-20)25-12-14-26(27)15-13-25;1-4(2,3)5/h5-9,16,27H,10-15H2,1-4H3;5H,1-3H3. The molecule has 1 aliphatic carbocycles. The van der Waals surface area contributed by atoms with E-state index < -0.39 is 5.60 Å². The van der Waals surface area contributed by atoms with Crippen molar-refractivity contribution in [2.75, 3.05) is 31.1 Å². The van der Waals surface area contributed by atoms with Gasteiger partial charge in [0, 0.05) is 31.7 Å². The maximum atomic E-state index is 9.60. The fraction of sp³-hybridized carbons (Fsp3) is 0.593. The lowest BCUT2D eigenvalue weighted by atomic mass is 9.63. The fourth-order valence-corrected chi connectivity index (χ4v) is 4.43. The summed E-state index contributed by atoms with van der Waals surface area (Å²) >= 11 is 0. The predicted molar refractivity (Wildman–Crippen MR) is 133 cm³/mol. The van der Waals surface area contributed by atoms with Crippen molar-refractivity contribution in [2.24, 2.45) is 0 Å². The third kappa shape index (κ3) is 6.09. The van der Waals surface area contributed by atoms with E-state index in [-0.39, 0.29) is 10.8 Å². The molecule has 0 spiro atoms. The van der Waals surface area contributed by atoms with E-state index >= 15 is 0 Å². The summed E-state index contributed by atoms with van der Waals surface area (Å²) in [7, 11) is 0. The number of nitrogens with zero attached hydrogens (tertiary/aromatic N) is 3. The summed E-state index contributed by atoms with van der Waals surface area (Å²) in [5.74, 6) is 0.998. The van der Waals surface area contributed by atoms with Crippen LogP contribution in [0.25, 0.3) is 11.3 Å². The second-order valence-corrected chi connectivity index (χ2v) is 11.5. The van der Waals surface area contributed by atoms with Gasteiger partial charge in [-0.15, -0.1) is 0 Å². The van der Waals surface area contributed by atoms with Crippen molar-refractivity contribution >= 4 is 5.82 Å². The van der Waals surface area contributed by atoms with Crippen LogP contribution in [0.3, 0.4) is 0 Å². The van der Waals surface area contributed by atoms with Gasteiger partial charge in [0.2, 0.25) is 0 Å². The Morgan fingerprint density at radius 3 is 2.00 bits per heavy atom. The Morgan fingerprint density at radius 2 is 1.41 bits per heavy atom. The van der Waals surface area contributed by atoms with E-state index in [2.05, 4.69) is 69.0 Å². The number of hydrogen-bond acceptors (Lipinski definition) is 5. The molecule has 0 atom stereocenters. The number of hydroxylamine groups is 2. The maximum Gasteiger partial charge on any atom is 0.129 e. The molecule has 32 heavy (non-hydrogen) atoms. The third-order valence-electron chi connectivity index (χ3n) is 6.46. The highest BCUT2D eigenvalue weighted by atomic mass is 16.5. The normalized spacial score (nSPS) is 20.2. The van der Waals surface area contributed by atoms with Gasteiger partial charge < -0.3 is 15.2 Å². The quantitative estimate of drug-likeness (QED) is 0.657.